The Balaban J connectivity index is 3.25. The van der Waals surface area contributed by atoms with Crippen LogP contribution in [0, 0.1) is 0 Å². The predicted octanol–water partition coefficient (Wildman–Crippen LogP) is 3.74. The van der Waals surface area contributed by atoms with Crippen molar-refractivity contribution >= 4 is 34.8 Å². The van der Waals surface area contributed by atoms with Gasteiger partial charge in [-0.1, -0.05) is 23.2 Å². The summed E-state index contributed by atoms with van der Waals surface area (Å²) in [5.41, 5.74) is 0.730. The summed E-state index contributed by atoms with van der Waals surface area (Å²) in [5.74, 6) is 0.960. The monoisotopic (exact) mass is 224 g/mol. The van der Waals surface area contributed by atoms with Crippen LogP contribution >= 0.6 is 34.8 Å². The van der Waals surface area contributed by atoms with Crippen LogP contribution in [0.25, 0.3) is 0 Å². The maximum Gasteiger partial charge on any atom is 0.124 e. The van der Waals surface area contributed by atoms with E-state index in [-0.39, 0.29) is 0 Å². The largest absolute Gasteiger partial charge is 0.496 e. The summed E-state index contributed by atoms with van der Waals surface area (Å²) in [6, 6.07) is 3.42. The topological polar surface area (TPSA) is 9.23 Å². The third-order valence-corrected chi connectivity index (χ3v) is 2.62. The molecule has 0 atom stereocenters. The van der Waals surface area contributed by atoms with Crippen molar-refractivity contribution in [2.75, 3.05) is 7.11 Å². The first-order valence-electron chi connectivity index (χ1n) is 3.27. The van der Waals surface area contributed by atoms with E-state index in [0.29, 0.717) is 21.7 Å². The van der Waals surface area contributed by atoms with Crippen molar-refractivity contribution in [3.63, 3.8) is 0 Å². The summed E-state index contributed by atoms with van der Waals surface area (Å²) >= 11 is 17.3. The van der Waals surface area contributed by atoms with E-state index in [2.05, 4.69) is 0 Å². The minimum absolute atomic E-state index is 0.294. The van der Waals surface area contributed by atoms with Gasteiger partial charge in [0.15, 0.2) is 0 Å². The van der Waals surface area contributed by atoms with Crippen LogP contribution in [0.5, 0.6) is 5.75 Å². The Labute approximate surface area is 86.2 Å². The summed E-state index contributed by atoms with van der Waals surface area (Å²) in [4.78, 5) is 0. The van der Waals surface area contributed by atoms with Crippen molar-refractivity contribution in [1.29, 1.82) is 0 Å². The van der Waals surface area contributed by atoms with Gasteiger partial charge < -0.3 is 4.74 Å². The lowest BCUT2D eigenvalue weighted by Crippen LogP contribution is -1.90. The minimum Gasteiger partial charge on any atom is -0.496 e. The van der Waals surface area contributed by atoms with E-state index < -0.39 is 0 Å². The van der Waals surface area contributed by atoms with Crippen molar-refractivity contribution in [2.45, 2.75) is 5.88 Å². The van der Waals surface area contributed by atoms with Gasteiger partial charge in [0.25, 0.3) is 0 Å². The highest BCUT2D eigenvalue weighted by Gasteiger charge is 2.09. The summed E-state index contributed by atoms with van der Waals surface area (Å²) in [6.07, 6.45) is 0. The smallest absolute Gasteiger partial charge is 0.124 e. The van der Waals surface area contributed by atoms with E-state index in [1.807, 2.05) is 0 Å². The molecule has 0 aliphatic rings. The van der Waals surface area contributed by atoms with Crippen LogP contribution in [0.15, 0.2) is 12.1 Å². The normalized spacial score (nSPS) is 10.0. The molecule has 1 aromatic rings. The van der Waals surface area contributed by atoms with Crippen molar-refractivity contribution < 1.29 is 4.74 Å². The van der Waals surface area contributed by atoms with E-state index in [0.717, 1.165) is 5.56 Å². The molecule has 0 bridgehead atoms. The Morgan fingerprint density at radius 2 is 2.00 bits per heavy atom. The fourth-order valence-electron chi connectivity index (χ4n) is 0.891. The van der Waals surface area contributed by atoms with E-state index in [1.54, 1.807) is 19.2 Å². The van der Waals surface area contributed by atoms with E-state index in [9.17, 15) is 0 Å². The summed E-state index contributed by atoms with van der Waals surface area (Å²) in [5, 5.41) is 0.958. The molecule has 12 heavy (non-hydrogen) atoms. The second-order valence-corrected chi connectivity index (χ2v) is 3.23. The number of hydrogen-bond donors (Lipinski definition) is 0. The zero-order chi connectivity index (χ0) is 9.14. The molecule has 0 saturated carbocycles. The Morgan fingerprint density at radius 1 is 1.33 bits per heavy atom. The average molecular weight is 226 g/mol. The van der Waals surface area contributed by atoms with Gasteiger partial charge in [-0.05, 0) is 12.1 Å². The molecule has 66 valence electrons. The molecule has 0 spiro atoms. The molecule has 0 unspecified atom stereocenters. The fraction of sp³-hybridized carbons (Fsp3) is 0.250. The van der Waals surface area contributed by atoms with Crippen molar-refractivity contribution in [2.24, 2.45) is 0 Å². The molecular formula is C8H7Cl3O. The van der Waals surface area contributed by atoms with Crippen molar-refractivity contribution in [3.05, 3.63) is 27.7 Å². The number of rotatable bonds is 2. The van der Waals surface area contributed by atoms with Gasteiger partial charge in [0.2, 0.25) is 0 Å². The zero-order valence-corrected chi connectivity index (χ0v) is 8.67. The lowest BCUT2D eigenvalue weighted by Gasteiger charge is -2.08. The Morgan fingerprint density at radius 3 is 2.50 bits per heavy atom. The molecule has 1 nitrogen and oxygen atoms in total. The molecule has 0 aliphatic carbocycles. The first kappa shape index (κ1) is 9.97. The number of halogens is 3. The lowest BCUT2D eigenvalue weighted by molar-refractivity contribution is 0.411. The molecule has 1 rings (SSSR count). The number of methoxy groups -OCH3 is 1. The summed E-state index contributed by atoms with van der Waals surface area (Å²) < 4.78 is 5.04. The SMILES string of the molecule is COc1ccc(Cl)c(Cl)c1CCl. The highest BCUT2D eigenvalue weighted by atomic mass is 35.5. The molecule has 0 aliphatic heterocycles. The number of alkyl halides is 1. The number of hydrogen-bond acceptors (Lipinski definition) is 1. The van der Waals surface area contributed by atoms with Crippen LogP contribution in [0.1, 0.15) is 5.56 Å². The van der Waals surface area contributed by atoms with Gasteiger partial charge in [-0.2, -0.15) is 0 Å². The second-order valence-electron chi connectivity index (χ2n) is 2.18. The van der Waals surface area contributed by atoms with E-state index in [1.165, 1.54) is 0 Å². The highest BCUT2D eigenvalue weighted by Crippen LogP contribution is 2.33. The third-order valence-electron chi connectivity index (χ3n) is 1.51. The molecule has 1 aromatic carbocycles. The van der Waals surface area contributed by atoms with Crippen LogP contribution in [-0.2, 0) is 5.88 Å². The molecular weight excluding hydrogens is 218 g/mol. The molecule has 4 heteroatoms. The molecule has 0 aromatic heterocycles. The maximum absolute atomic E-state index is 5.88. The van der Waals surface area contributed by atoms with Gasteiger partial charge in [0.05, 0.1) is 23.0 Å². The first-order chi connectivity index (χ1) is 5.70. The van der Waals surface area contributed by atoms with Crippen LogP contribution < -0.4 is 4.74 Å². The van der Waals surface area contributed by atoms with Gasteiger partial charge in [-0.15, -0.1) is 11.6 Å². The van der Waals surface area contributed by atoms with Crippen LogP contribution in [0.3, 0.4) is 0 Å². The maximum atomic E-state index is 5.88. The molecule has 0 amide bonds. The van der Waals surface area contributed by atoms with Crippen LogP contribution in [0.4, 0.5) is 0 Å². The lowest BCUT2D eigenvalue weighted by atomic mass is 10.2. The fourth-order valence-corrected chi connectivity index (χ4v) is 1.62. The Hall–Kier alpha value is -0.110. The molecule has 0 N–H and O–H groups in total. The van der Waals surface area contributed by atoms with Crippen LogP contribution in [-0.4, -0.2) is 7.11 Å². The quantitative estimate of drug-likeness (QED) is 0.697. The van der Waals surface area contributed by atoms with Crippen LogP contribution in [0.2, 0.25) is 10.0 Å². The third kappa shape index (κ3) is 1.79. The number of benzene rings is 1. The van der Waals surface area contributed by atoms with Gasteiger partial charge >= 0.3 is 0 Å². The Kier molecular flexibility index (Phi) is 3.51. The zero-order valence-electron chi connectivity index (χ0n) is 6.40. The first-order valence-corrected chi connectivity index (χ1v) is 4.56. The van der Waals surface area contributed by atoms with Gasteiger partial charge in [-0.25, -0.2) is 0 Å². The molecule has 0 radical (unpaired) electrons. The molecule has 0 heterocycles. The predicted molar refractivity (Wildman–Crippen MR) is 52.6 cm³/mol. The highest BCUT2D eigenvalue weighted by molar-refractivity contribution is 6.43. The summed E-state index contributed by atoms with van der Waals surface area (Å²) in [6.45, 7) is 0. The summed E-state index contributed by atoms with van der Waals surface area (Å²) in [7, 11) is 1.57. The van der Waals surface area contributed by atoms with E-state index in [4.69, 9.17) is 39.5 Å². The Bertz CT molecular complexity index is 286. The average Bonchev–Trinajstić information content (AvgIpc) is 2.09. The van der Waals surface area contributed by atoms with Gasteiger partial charge in [-0.3, -0.25) is 0 Å². The van der Waals surface area contributed by atoms with Gasteiger partial charge in [0.1, 0.15) is 5.75 Å². The standard InChI is InChI=1S/C8H7Cl3O/c1-12-7-3-2-6(10)8(11)5(7)4-9/h2-3H,4H2,1H3. The van der Waals surface area contributed by atoms with Crippen molar-refractivity contribution in [1.82, 2.24) is 0 Å². The van der Waals surface area contributed by atoms with E-state index >= 15 is 0 Å². The molecule has 0 fully saturated rings. The van der Waals surface area contributed by atoms with Crippen molar-refractivity contribution in [3.8, 4) is 5.75 Å². The van der Waals surface area contributed by atoms with Gasteiger partial charge in [0, 0.05) is 5.56 Å². The molecule has 0 saturated heterocycles. The second kappa shape index (κ2) is 4.22. The number of ether oxygens (including phenoxy) is 1. The minimum atomic E-state index is 0.294.